The van der Waals surface area contributed by atoms with Crippen molar-refractivity contribution in [2.75, 3.05) is 26.3 Å². The van der Waals surface area contributed by atoms with E-state index < -0.39 is 6.10 Å². The van der Waals surface area contributed by atoms with E-state index in [0.717, 1.165) is 24.2 Å². The maximum absolute atomic E-state index is 13.1. The summed E-state index contributed by atoms with van der Waals surface area (Å²) in [5.41, 5.74) is 1.13. The molecule has 0 radical (unpaired) electrons. The van der Waals surface area contributed by atoms with Gasteiger partial charge in [-0.3, -0.25) is 9.69 Å². The van der Waals surface area contributed by atoms with Crippen LogP contribution in [0, 0.1) is 5.82 Å². The summed E-state index contributed by atoms with van der Waals surface area (Å²) in [6, 6.07) is 6.35. The van der Waals surface area contributed by atoms with Crippen LogP contribution in [0.5, 0.6) is 0 Å². The second kappa shape index (κ2) is 7.90. The normalized spacial score (nSPS) is 23.4. The molecule has 0 amide bonds. The molecule has 2 atom stereocenters. The van der Waals surface area contributed by atoms with Gasteiger partial charge in [0.15, 0.2) is 5.52 Å². The number of rotatable bonds is 4. The van der Waals surface area contributed by atoms with Crippen molar-refractivity contribution in [1.29, 1.82) is 0 Å². The van der Waals surface area contributed by atoms with Crippen molar-refractivity contribution in [1.82, 2.24) is 24.5 Å². The fourth-order valence-corrected chi connectivity index (χ4v) is 4.45. The van der Waals surface area contributed by atoms with Crippen LogP contribution in [0.15, 0.2) is 35.3 Å². The molecular weight excluding hydrogens is 389 g/mol. The zero-order valence-electron chi connectivity index (χ0n) is 16.5. The van der Waals surface area contributed by atoms with Gasteiger partial charge in [-0.1, -0.05) is 12.1 Å². The Morgan fingerprint density at radius 3 is 2.73 bits per heavy atom. The number of hydrogen-bond acceptors (Lipinski definition) is 6. The summed E-state index contributed by atoms with van der Waals surface area (Å²) < 4.78 is 20.2. The second-order valence-electron chi connectivity index (χ2n) is 8.13. The van der Waals surface area contributed by atoms with Gasteiger partial charge in [0.05, 0.1) is 18.2 Å². The number of β-amino-alcohol motifs (C(OH)–C–C–N with tert-alkyl or cyclic N) is 1. The van der Waals surface area contributed by atoms with Gasteiger partial charge in [0, 0.05) is 38.8 Å². The van der Waals surface area contributed by atoms with Crippen LogP contribution in [-0.2, 0) is 11.3 Å². The van der Waals surface area contributed by atoms with Gasteiger partial charge >= 0.3 is 0 Å². The number of benzene rings is 1. The van der Waals surface area contributed by atoms with E-state index in [2.05, 4.69) is 20.0 Å². The van der Waals surface area contributed by atoms with E-state index in [1.54, 1.807) is 22.8 Å². The summed E-state index contributed by atoms with van der Waals surface area (Å²) >= 11 is 0. The number of likely N-dealkylation sites (tertiary alicyclic amines) is 1. The molecule has 158 valence electrons. The number of imidazole rings is 1. The van der Waals surface area contributed by atoms with E-state index in [-0.39, 0.29) is 23.2 Å². The van der Waals surface area contributed by atoms with E-state index in [1.165, 1.54) is 12.1 Å². The fraction of sp³-hybridized carbons (Fsp3) is 0.476. The highest BCUT2D eigenvalue weighted by Crippen LogP contribution is 2.28. The molecular formula is C21H24FN5O3. The number of aromatic nitrogens is 4. The lowest BCUT2D eigenvalue weighted by Crippen LogP contribution is -2.25. The van der Waals surface area contributed by atoms with Crippen LogP contribution in [0.3, 0.4) is 0 Å². The first-order valence-corrected chi connectivity index (χ1v) is 10.3. The second-order valence-corrected chi connectivity index (χ2v) is 8.13. The van der Waals surface area contributed by atoms with E-state index in [9.17, 15) is 14.3 Å². The Hall–Kier alpha value is -2.62. The van der Waals surface area contributed by atoms with Gasteiger partial charge in [-0.2, -0.15) is 5.10 Å². The summed E-state index contributed by atoms with van der Waals surface area (Å²) in [5, 5.41) is 15.3. The molecule has 1 aromatic carbocycles. The number of aromatic amines is 1. The monoisotopic (exact) mass is 413 g/mol. The zero-order valence-corrected chi connectivity index (χ0v) is 16.5. The molecule has 2 fully saturated rings. The Kier molecular flexibility index (Phi) is 5.10. The molecule has 3 aromatic rings. The third kappa shape index (κ3) is 3.64. The van der Waals surface area contributed by atoms with E-state index in [4.69, 9.17) is 4.74 Å². The van der Waals surface area contributed by atoms with Crippen LogP contribution in [0.25, 0.3) is 5.52 Å². The van der Waals surface area contributed by atoms with Gasteiger partial charge in [-0.05, 0) is 30.5 Å². The third-order valence-corrected chi connectivity index (χ3v) is 6.07. The van der Waals surface area contributed by atoms with Crippen molar-refractivity contribution in [2.45, 2.75) is 37.3 Å². The summed E-state index contributed by atoms with van der Waals surface area (Å²) in [7, 11) is 0. The SMILES string of the molecule is O=c1[nH]c(C2CN(Cc3ccc(F)cc3)CC2O)nn2c(C3CCOCC3)ncc12. The van der Waals surface area contributed by atoms with Gasteiger partial charge in [-0.25, -0.2) is 13.9 Å². The molecule has 2 aliphatic rings. The number of nitrogens with zero attached hydrogens (tertiary/aromatic N) is 4. The number of nitrogens with one attached hydrogen (secondary N) is 1. The van der Waals surface area contributed by atoms with Crippen LogP contribution in [0.1, 0.15) is 41.9 Å². The van der Waals surface area contributed by atoms with Crippen LogP contribution < -0.4 is 5.56 Å². The first-order chi connectivity index (χ1) is 14.6. The maximum atomic E-state index is 13.1. The molecule has 0 aliphatic carbocycles. The van der Waals surface area contributed by atoms with Crippen LogP contribution in [-0.4, -0.2) is 62.0 Å². The first-order valence-electron chi connectivity index (χ1n) is 10.3. The minimum atomic E-state index is -0.652. The minimum absolute atomic E-state index is 0.201. The quantitative estimate of drug-likeness (QED) is 0.672. The van der Waals surface area contributed by atoms with Crippen molar-refractivity contribution in [3.8, 4) is 0 Å². The Morgan fingerprint density at radius 2 is 1.97 bits per heavy atom. The summed E-state index contributed by atoms with van der Waals surface area (Å²) in [6.07, 6.45) is 2.61. The number of halogens is 1. The van der Waals surface area contributed by atoms with Crippen molar-refractivity contribution >= 4 is 5.52 Å². The average Bonchev–Trinajstić information content (AvgIpc) is 3.34. The number of ether oxygens (including phenoxy) is 1. The lowest BCUT2D eigenvalue weighted by atomic mass is 10.00. The predicted molar refractivity (Wildman–Crippen MR) is 107 cm³/mol. The van der Waals surface area contributed by atoms with Crippen LogP contribution in [0.4, 0.5) is 4.39 Å². The topological polar surface area (TPSA) is 95.8 Å². The summed E-state index contributed by atoms with van der Waals surface area (Å²) in [5.74, 6) is 0.859. The van der Waals surface area contributed by atoms with Gasteiger partial charge in [0.2, 0.25) is 0 Å². The van der Waals surface area contributed by atoms with E-state index in [1.807, 2.05) is 0 Å². The van der Waals surface area contributed by atoms with Gasteiger partial charge in [-0.15, -0.1) is 0 Å². The molecule has 2 unspecified atom stereocenters. The van der Waals surface area contributed by atoms with Crippen LogP contribution >= 0.6 is 0 Å². The highest BCUT2D eigenvalue weighted by Gasteiger charge is 2.35. The largest absolute Gasteiger partial charge is 0.391 e. The average molecular weight is 413 g/mol. The predicted octanol–water partition coefficient (Wildman–Crippen LogP) is 1.41. The van der Waals surface area contributed by atoms with Gasteiger partial charge < -0.3 is 14.8 Å². The third-order valence-electron chi connectivity index (χ3n) is 6.07. The highest BCUT2D eigenvalue weighted by molar-refractivity contribution is 5.42. The molecule has 0 spiro atoms. The molecule has 9 heteroatoms. The molecule has 2 N–H and O–H groups in total. The highest BCUT2D eigenvalue weighted by atomic mass is 19.1. The smallest absolute Gasteiger partial charge is 0.276 e. The number of aliphatic hydroxyl groups is 1. The maximum Gasteiger partial charge on any atom is 0.276 e. The fourth-order valence-electron chi connectivity index (χ4n) is 4.45. The number of hydrogen-bond donors (Lipinski definition) is 2. The standard InChI is InChI=1S/C21H24FN5O3/c22-15-3-1-13(2-4-15)10-26-11-16(18(28)12-26)19-24-21(29)17-9-23-20(27(17)25-19)14-5-7-30-8-6-14/h1-4,9,14,16,18,28H,5-8,10-12H2,(H,24,25,29). The molecule has 2 aliphatic heterocycles. The van der Waals surface area contributed by atoms with E-state index >= 15 is 0 Å². The molecule has 2 aromatic heterocycles. The van der Waals surface area contributed by atoms with Crippen LogP contribution in [0.2, 0.25) is 0 Å². The number of aliphatic hydroxyl groups excluding tert-OH is 1. The lowest BCUT2D eigenvalue weighted by Gasteiger charge is -2.21. The lowest BCUT2D eigenvalue weighted by molar-refractivity contribution is 0.0832. The Balaban J connectivity index is 1.41. The molecule has 4 heterocycles. The van der Waals surface area contributed by atoms with Crippen molar-refractivity contribution in [3.63, 3.8) is 0 Å². The minimum Gasteiger partial charge on any atom is -0.391 e. The number of fused-ring (bicyclic) bond motifs is 1. The molecule has 0 bridgehead atoms. The van der Waals surface area contributed by atoms with Crippen molar-refractivity contribution < 1.29 is 14.2 Å². The van der Waals surface area contributed by atoms with Gasteiger partial charge in [0.1, 0.15) is 17.5 Å². The Morgan fingerprint density at radius 1 is 1.20 bits per heavy atom. The van der Waals surface area contributed by atoms with Crippen molar-refractivity contribution in [3.05, 3.63) is 63.8 Å². The van der Waals surface area contributed by atoms with E-state index in [0.29, 0.717) is 44.2 Å². The van der Waals surface area contributed by atoms with Crippen molar-refractivity contribution in [2.24, 2.45) is 0 Å². The Labute approximate surface area is 172 Å². The summed E-state index contributed by atoms with van der Waals surface area (Å²) in [6.45, 7) is 2.96. The molecule has 30 heavy (non-hydrogen) atoms. The zero-order chi connectivity index (χ0) is 20.7. The molecule has 2 saturated heterocycles. The number of H-pyrrole nitrogens is 1. The molecule has 5 rings (SSSR count). The Bertz CT molecular complexity index is 1090. The first kappa shape index (κ1) is 19.3. The van der Waals surface area contributed by atoms with Gasteiger partial charge in [0.25, 0.3) is 5.56 Å². The molecule has 8 nitrogen and oxygen atoms in total. The molecule has 0 saturated carbocycles. The summed E-state index contributed by atoms with van der Waals surface area (Å²) in [4.78, 5) is 22.0.